The standard InChI is InChI=1S/C15H24N4O2/c1-3-15(4-2)10-11(7-9-21-15)18-14(20)12-6-5-8-17-13(12)19-16/h5-6,8,11H,3-4,7,9-10,16H2,1-2H3,(H,17,19)(H,18,20). The summed E-state index contributed by atoms with van der Waals surface area (Å²) in [6.45, 7) is 4.94. The van der Waals surface area contributed by atoms with Crippen molar-refractivity contribution in [2.45, 2.75) is 51.2 Å². The maximum atomic E-state index is 12.4. The van der Waals surface area contributed by atoms with E-state index in [0.29, 0.717) is 18.0 Å². The summed E-state index contributed by atoms with van der Waals surface area (Å²) in [4.78, 5) is 16.4. The molecule has 0 aromatic carbocycles. The van der Waals surface area contributed by atoms with Crippen LogP contribution in [0.2, 0.25) is 0 Å². The van der Waals surface area contributed by atoms with E-state index in [4.69, 9.17) is 10.6 Å². The quantitative estimate of drug-likeness (QED) is 0.569. The number of anilines is 1. The van der Waals surface area contributed by atoms with Crippen LogP contribution in [-0.4, -0.2) is 29.1 Å². The van der Waals surface area contributed by atoms with Crippen molar-refractivity contribution in [1.82, 2.24) is 10.3 Å². The Morgan fingerprint density at radius 2 is 2.29 bits per heavy atom. The lowest BCUT2D eigenvalue weighted by Gasteiger charge is -2.40. The fourth-order valence-corrected chi connectivity index (χ4v) is 2.86. The van der Waals surface area contributed by atoms with Gasteiger partial charge in [-0.15, -0.1) is 0 Å². The summed E-state index contributed by atoms with van der Waals surface area (Å²) < 4.78 is 5.93. The molecule has 21 heavy (non-hydrogen) atoms. The molecule has 0 bridgehead atoms. The zero-order chi connectivity index (χ0) is 15.3. The highest BCUT2D eigenvalue weighted by molar-refractivity contribution is 5.98. The van der Waals surface area contributed by atoms with Gasteiger partial charge in [0.1, 0.15) is 0 Å². The maximum absolute atomic E-state index is 12.4. The third kappa shape index (κ3) is 3.51. The summed E-state index contributed by atoms with van der Waals surface area (Å²) >= 11 is 0. The Labute approximate surface area is 125 Å². The number of nitrogens with one attached hydrogen (secondary N) is 2. The predicted octanol–water partition coefficient (Wildman–Crippen LogP) is 1.83. The van der Waals surface area contributed by atoms with Crippen molar-refractivity contribution in [3.05, 3.63) is 23.9 Å². The molecule has 0 aliphatic carbocycles. The van der Waals surface area contributed by atoms with Crippen LogP contribution in [0.25, 0.3) is 0 Å². The van der Waals surface area contributed by atoms with Gasteiger partial charge in [-0.1, -0.05) is 13.8 Å². The van der Waals surface area contributed by atoms with E-state index >= 15 is 0 Å². The molecule has 2 rings (SSSR count). The van der Waals surface area contributed by atoms with Crippen LogP contribution >= 0.6 is 0 Å². The highest BCUT2D eigenvalue weighted by Crippen LogP contribution is 2.31. The minimum atomic E-state index is -0.149. The first-order chi connectivity index (χ1) is 10.1. The number of nitrogens with two attached hydrogens (primary N) is 1. The Hall–Kier alpha value is -1.66. The van der Waals surface area contributed by atoms with Gasteiger partial charge in [-0.25, -0.2) is 10.8 Å². The van der Waals surface area contributed by atoms with E-state index < -0.39 is 0 Å². The molecule has 1 aromatic rings. The van der Waals surface area contributed by atoms with Gasteiger partial charge in [-0.2, -0.15) is 0 Å². The first-order valence-corrected chi connectivity index (χ1v) is 7.50. The molecule has 6 nitrogen and oxygen atoms in total. The Morgan fingerprint density at radius 1 is 1.52 bits per heavy atom. The lowest BCUT2D eigenvalue weighted by molar-refractivity contribution is -0.0917. The molecular weight excluding hydrogens is 268 g/mol. The van der Waals surface area contributed by atoms with Gasteiger partial charge in [-0.3, -0.25) is 4.79 Å². The molecule has 1 aliphatic heterocycles. The van der Waals surface area contributed by atoms with Gasteiger partial charge in [-0.05, 0) is 37.8 Å². The number of nitrogens with zero attached hydrogens (tertiary/aromatic N) is 1. The topological polar surface area (TPSA) is 89.3 Å². The average molecular weight is 292 g/mol. The third-order valence-corrected chi connectivity index (χ3v) is 4.31. The lowest BCUT2D eigenvalue weighted by atomic mass is 9.86. The van der Waals surface area contributed by atoms with Crippen LogP contribution in [0.5, 0.6) is 0 Å². The van der Waals surface area contributed by atoms with Gasteiger partial charge in [0.15, 0.2) is 5.82 Å². The number of aromatic nitrogens is 1. The smallest absolute Gasteiger partial charge is 0.255 e. The van der Waals surface area contributed by atoms with Crippen LogP contribution in [0.1, 0.15) is 49.9 Å². The number of hydrogen-bond donors (Lipinski definition) is 3. The van der Waals surface area contributed by atoms with E-state index in [-0.39, 0.29) is 17.6 Å². The van der Waals surface area contributed by atoms with Gasteiger partial charge in [0.25, 0.3) is 5.91 Å². The molecule has 2 heterocycles. The van der Waals surface area contributed by atoms with Crippen LogP contribution in [0.4, 0.5) is 5.82 Å². The average Bonchev–Trinajstić information content (AvgIpc) is 2.54. The monoisotopic (exact) mass is 292 g/mol. The van der Waals surface area contributed by atoms with Crippen molar-refractivity contribution < 1.29 is 9.53 Å². The van der Waals surface area contributed by atoms with Gasteiger partial charge in [0.05, 0.1) is 11.2 Å². The highest BCUT2D eigenvalue weighted by atomic mass is 16.5. The van der Waals surface area contributed by atoms with Crippen molar-refractivity contribution in [3.8, 4) is 0 Å². The second-order valence-electron chi connectivity index (χ2n) is 5.45. The van der Waals surface area contributed by atoms with E-state index in [1.54, 1.807) is 18.3 Å². The first kappa shape index (κ1) is 15.7. The molecule has 1 atom stereocenters. The Morgan fingerprint density at radius 3 is 2.95 bits per heavy atom. The zero-order valence-corrected chi connectivity index (χ0v) is 12.7. The van der Waals surface area contributed by atoms with Crippen molar-refractivity contribution in [2.75, 3.05) is 12.0 Å². The number of nitrogen functional groups attached to an aromatic ring is 1. The number of carbonyl (C=O) groups is 1. The van der Waals surface area contributed by atoms with Gasteiger partial charge in [0, 0.05) is 18.8 Å². The van der Waals surface area contributed by atoms with Crippen LogP contribution in [0, 0.1) is 0 Å². The summed E-state index contributed by atoms with van der Waals surface area (Å²) in [5.74, 6) is 5.63. The summed E-state index contributed by atoms with van der Waals surface area (Å²) in [6.07, 6.45) is 5.19. The summed E-state index contributed by atoms with van der Waals surface area (Å²) in [5.41, 5.74) is 2.81. The number of hydrazine groups is 1. The van der Waals surface area contributed by atoms with Crippen molar-refractivity contribution in [3.63, 3.8) is 0 Å². The highest BCUT2D eigenvalue weighted by Gasteiger charge is 2.35. The molecule has 116 valence electrons. The van der Waals surface area contributed by atoms with Gasteiger partial charge in [0.2, 0.25) is 0 Å². The second-order valence-corrected chi connectivity index (χ2v) is 5.45. The Bertz CT molecular complexity index is 488. The van der Waals surface area contributed by atoms with E-state index in [1.165, 1.54) is 0 Å². The molecule has 0 saturated carbocycles. The molecule has 4 N–H and O–H groups in total. The normalized spacial score (nSPS) is 20.8. The van der Waals surface area contributed by atoms with E-state index in [0.717, 1.165) is 25.7 Å². The minimum Gasteiger partial charge on any atom is -0.375 e. The first-order valence-electron chi connectivity index (χ1n) is 7.50. The largest absolute Gasteiger partial charge is 0.375 e. The van der Waals surface area contributed by atoms with Gasteiger partial charge < -0.3 is 15.5 Å². The lowest BCUT2D eigenvalue weighted by Crippen LogP contribution is -2.48. The van der Waals surface area contributed by atoms with Crippen molar-refractivity contribution in [1.29, 1.82) is 0 Å². The fraction of sp³-hybridized carbons (Fsp3) is 0.600. The van der Waals surface area contributed by atoms with Crippen molar-refractivity contribution in [2.24, 2.45) is 5.84 Å². The second kappa shape index (κ2) is 6.87. The molecule has 6 heteroatoms. The zero-order valence-electron chi connectivity index (χ0n) is 12.7. The molecule has 0 spiro atoms. The van der Waals surface area contributed by atoms with E-state index in [2.05, 4.69) is 29.6 Å². The molecular formula is C15H24N4O2. The molecule has 1 aromatic heterocycles. The SMILES string of the molecule is CCC1(CC)CC(NC(=O)c2cccnc2NN)CCO1. The van der Waals surface area contributed by atoms with E-state index in [1.807, 2.05) is 0 Å². The molecule has 1 amide bonds. The predicted molar refractivity (Wildman–Crippen MR) is 81.8 cm³/mol. The molecule has 1 saturated heterocycles. The Balaban J connectivity index is 2.05. The van der Waals surface area contributed by atoms with Crippen LogP contribution in [-0.2, 0) is 4.74 Å². The van der Waals surface area contributed by atoms with Gasteiger partial charge >= 0.3 is 0 Å². The van der Waals surface area contributed by atoms with Crippen molar-refractivity contribution >= 4 is 11.7 Å². The minimum absolute atomic E-state index is 0.111. The van der Waals surface area contributed by atoms with Crippen LogP contribution in [0.15, 0.2) is 18.3 Å². The van der Waals surface area contributed by atoms with Crippen LogP contribution in [0.3, 0.4) is 0 Å². The fourth-order valence-electron chi connectivity index (χ4n) is 2.86. The molecule has 0 radical (unpaired) electrons. The summed E-state index contributed by atoms with van der Waals surface area (Å²) in [6, 6.07) is 3.56. The number of ether oxygens (including phenoxy) is 1. The molecule has 1 fully saturated rings. The summed E-state index contributed by atoms with van der Waals surface area (Å²) in [7, 11) is 0. The van der Waals surface area contributed by atoms with Crippen LogP contribution < -0.4 is 16.6 Å². The van der Waals surface area contributed by atoms with E-state index in [9.17, 15) is 4.79 Å². The number of carbonyl (C=O) groups excluding carboxylic acids is 1. The number of hydrogen-bond acceptors (Lipinski definition) is 5. The number of amides is 1. The molecule has 1 aliphatic rings. The number of pyridine rings is 1. The Kier molecular flexibility index (Phi) is 5.14. The maximum Gasteiger partial charge on any atom is 0.255 e. The third-order valence-electron chi connectivity index (χ3n) is 4.31. The molecule has 1 unspecified atom stereocenters. The summed E-state index contributed by atoms with van der Waals surface area (Å²) in [5, 5.41) is 3.08. The number of rotatable bonds is 5.